The van der Waals surface area contributed by atoms with Gasteiger partial charge in [-0.1, -0.05) is 15.9 Å². The third-order valence-electron chi connectivity index (χ3n) is 2.84. The molecule has 0 fully saturated rings. The van der Waals surface area contributed by atoms with Crippen LogP contribution in [0.25, 0.3) is 11.0 Å². The number of amides is 1. The number of aryl methyl sites for hydroxylation is 1. The number of hydrogen-bond acceptors (Lipinski definition) is 3. The van der Waals surface area contributed by atoms with Gasteiger partial charge in [0, 0.05) is 28.0 Å². The average molecular weight is 311 g/mol. The van der Waals surface area contributed by atoms with Crippen LogP contribution in [-0.2, 0) is 0 Å². The van der Waals surface area contributed by atoms with Crippen molar-refractivity contribution in [2.24, 2.45) is 5.73 Å². The third kappa shape index (κ3) is 2.42. The second-order valence-electron chi connectivity index (χ2n) is 4.31. The fourth-order valence-corrected chi connectivity index (χ4v) is 2.12. The summed E-state index contributed by atoms with van der Waals surface area (Å²) in [7, 11) is 0. The summed E-state index contributed by atoms with van der Waals surface area (Å²) in [6.45, 7) is 4.13. The van der Waals surface area contributed by atoms with Crippen molar-refractivity contribution in [2.45, 2.75) is 19.9 Å². The molecule has 2 aromatic rings. The summed E-state index contributed by atoms with van der Waals surface area (Å²) in [5.74, 6) is 0.126. The van der Waals surface area contributed by atoms with Crippen LogP contribution >= 0.6 is 15.9 Å². The molecule has 1 atom stereocenters. The Morgan fingerprint density at radius 1 is 1.56 bits per heavy atom. The summed E-state index contributed by atoms with van der Waals surface area (Å²) in [5, 5.41) is 3.73. The van der Waals surface area contributed by atoms with Crippen LogP contribution in [0.5, 0.6) is 0 Å². The Kier molecular flexibility index (Phi) is 3.73. The zero-order valence-electron chi connectivity index (χ0n) is 10.3. The minimum atomic E-state index is -0.224. The van der Waals surface area contributed by atoms with Gasteiger partial charge in [0.05, 0.1) is 0 Å². The van der Waals surface area contributed by atoms with Crippen molar-refractivity contribution < 1.29 is 9.21 Å². The van der Waals surface area contributed by atoms with Gasteiger partial charge in [0.2, 0.25) is 0 Å². The predicted molar refractivity (Wildman–Crippen MR) is 74.6 cm³/mol. The van der Waals surface area contributed by atoms with Gasteiger partial charge >= 0.3 is 0 Å². The van der Waals surface area contributed by atoms with Crippen molar-refractivity contribution in [3.8, 4) is 0 Å². The van der Waals surface area contributed by atoms with E-state index in [9.17, 15) is 4.79 Å². The maximum absolute atomic E-state index is 12.0. The van der Waals surface area contributed by atoms with E-state index in [0.29, 0.717) is 17.9 Å². The van der Waals surface area contributed by atoms with E-state index in [1.54, 1.807) is 0 Å². The van der Waals surface area contributed by atoms with Gasteiger partial charge in [0.15, 0.2) is 5.76 Å². The number of nitrogens with one attached hydrogen (secondary N) is 1. The van der Waals surface area contributed by atoms with Gasteiger partial charge in [-0.05, 0) is 32.0 Å². The highest BCUT2D eigenvalue weighted by Crippen LogP contribution is 2.27. The van der Waals surface area contributed by atoms with Crippen LogP contribution in [0.1, 0.15) is 23.0 Å². The van der Waals surface area contributed by atoms with E-state index in [-0.39, 0.29) is 11.9 Å². The molecule has 96 valence electrons. The highest BCUT2D eigenvalue weighted by atomic mass is 79.9. The van der Waals surface area contributed by atoms with Gasteiger partial charge in [0.1, 0.15) is 5.58 Å². The second kappa shape index (κ2) is 5.12. The summed E-state index contributed by atoms with van der Waals surface area (Å²) < 4.78 is 6.55. The molecule has 0 spiro atoms. The second-order valence-corrected chi connectivity index (χ2v) is 5.22. The zero-order chi connectivity index (χ0) is 13.3. The van der Waals surface area contributed by atoms with Crippen LogP contribution in [0.2, 0.25) is 0 Å². The van der Waals surface area contributed by atoms with Crippen LogP contribution in [0, 0.1) is 6.92 Å². The van der Waals surface area contributed by atoms with E-state index in [0.717, 1.165) is 15.4 Å². The Morgan fingerprint density at radius 3 is 2.94 bits per heavy atom. The molecule has 4 nitrogen and oxygen atoms in total. The van der Waals surface area contributed by atoms with Gasteiger partial charge in [0.25, 0.3) is 5.91 Å². The number of carbonyl (C=O) groups excluding carboxylic acids is 1. The molecule has 0 aliphatic heterocycles. The number of rotatable bonds is 3. The molecule has 0 saturated heterocycles. The lowest BCUT2D eigenvalue weighted by atomic mass is 10.1. The lowest BCUT2D eigenvalue weighted by Gasteiger charge is -2.09. The number of fused-ring (bicyclic) bond motifs is 1. The van der Waals surface area contributed by atoms with Crippen molar-refractivity contribution in [3.05, 3.63) is 34.0 Å². The maximum atomic E-state index is 12.0. The van der Waals surface area contributed by atoms with Crippen molar-refractivity contribution in [2.75, 3.05) is 6.54 Å². The molecule has 1 aromatic heterocycles. The van der Waals surface area contributed by atoms with Gasteiger partial charge in [-0.25, -0.2) is 0 Å². The molecule has 1 heterocycles. The molecule has 18 heavy (non-hydrogen) atoms. The van der Waals surface area contributed by atoms with Crippen molar-refractivity contribution in [3.63, 3.8) is 0 Å². The normalized spacial score (nSPS) is 12.7. The van der Waals surface area contributed by atoms with E-state index in [1.807, 2.05) is 32.0 Å². The van der Waals surface area contributed by atoms with Crippen molar-refractivity contribution in [1.29, 1.82) is 0 Å². The van der Waals surface area contributed by atoms with E-state index in [1.165, 1.54) is 0 Å². The van der Waals surface area contributed by atoms with Crippen LogP contribution < -0.4 is 11.1 Å². The Bertz CT molecular complexity index is 592. The van der Waals surface area contributed by atoms with Crippen molar-refractivity contribution in [1.82, 2.24) is 5.32 Å². The SMILES string of the molecule is Cc1c(C(=O)N[C@@H](C)CN)oc2ccc(Br)cc12. The van der Waals surface area contributed by atoms with E-state index < -0.39 is 0 Å². The van der Waals surface area contributed by atoms with E-state index >= 15 is 0 Å². The predicted octanol–water partition coefficient (Wildman–Crippen LogP) is 2.58. The number of benzene rings is 1. The number of nitrogens with two attached hydrogens (primary N) is 1. The van der Waals surface area contributed by atoms with Crippen LogP contribution in [-0.4, -0.2) is 18.5 Å². The standard InChI is InChI=1S/C13H15BrN2O2/c1-7(6-15)16-13(17)12-8(2)10-5-9(14)3-4-11(10)18-12/h3-5,7H,6,15H2,1-2H3,(H,16,17)/t7-/m0/s1. The van der Waals surface area contributed by atoms with Crippen molar-refractivity contribution >= 4 is 32.8 Å². The largest absolute Gasteiger partial charge is 0.451 e. The van der Waals surface area contributed by atoms with E-state index in [2.05, 4.69) is 21.2 Å². The molecule has 0 aliphatic carbocycles. The summed E-state index contributed by atoms with van der Waals surface area (Å²) in [4.78, 5) is 12.0. The zero-order valence-corrected chi connectivity index (χ0v) is 11.9. The summed E-state index contributed by atoms with van der Waals surface area (Å²) in [6.07, 6.45) is 0. The lowest BCUT2D eigenvalue weighted by molar-refractivity contribution is 0.0914. The number of carbonyl (C=O) groups is 1. The number of hydrogen-bond donors (Lipinski definition) is 2. The van der Waals surface area contributed by atoms with Crippen LogP contribution in [0.3, 0.4) is 0 Å². The number of furan rings is 1. The quantitative estimate of drug-likeness (QED) is 0.915. The highest BCUT2D eigenvalue weighted by molar-refractivity contribution is 9.10. The molecule has 3 N–H and O–H groups in total. The first-order valence-corrected chi connectivity index (χ1v) is 6.51. The van der Waals surface area contributed by atoms with Crippen LogP contribution in [0.4, 0.5) is 0 Å². The first-order valence-electron chi connectivity index (χ1n) is 5.72. The molecule has 0 unspecified atom stereocenters. The van der Waals surface area contributed by atoms with Gasteiger partial charge < -0.3 is 15.5 Å². The molecular formula is C13H15BrN2O2. The summed E-state index contributed by atoms with van der Waals surface area (Å²) in [6, 6.07) is 5.60. The van der Waals surface area contributed by atoms with Gasteiger partial charge in [-0.2, -0.15) is 0 Å². The first kappa shape index (κ1) is 13.1. The topological polar surface area (TPSA) is 68.3 Å². The van der Waals surface area contributed by atoms with Gasteiger partial charge in [-0.3, -0.25) is 4.79 Å². The molecule has 1 amide bonds. The minimum absolute atomic E-state index is 0.0724. The molecule has 1 aromatic carbocycles. The average Bonchev–Trinajstić information content (AvgIpc) is 2.66. The Hall–Kier alpha value is -1.33. The summed E-state index contributed by atoms with van der Waals surface area (Å²) in [5.41, 5.74) is 7.03. The Labute approximate surface area is 114 Å². The fourth-order valence-electron chi connectivity index (χ4n) is 1.76. The third-order valence-corrected chi connectivity index (χ3v) is 3.33. The minimum Gasteiger partial charge on any atom is -0.451 e. The molecule has 0 aliphatic rings. The highest BCUT2D eigenvalue weighted by Gasteiger charge is 2.18. The van der Waals surface area contributed by atoms with Crippen LogP contribution in [0.15, 0.2) is 27.1 Å². The first-order chi connectivity index (χ1) is 8.52. The molecule has 0 saturated carbocycles. The Balaban J connectivity index is 2.40. The van der Waals surface area contributed by atoms with E-state index in [4.69, 9.17) is 10.2 Å². The monoisotopic (exact) mass is 310 g/mol. The lowest BCUT2D eigenvalue weighted by Crippen LogP contribution is -2.37. The number of halogens is 1. The Morgan fingerprint density at radius 2 is 2.28 bits per heavy atom. The smallest absolute Gasteiger partial charge is 0.287 e. The van der Waals surface area contributed by atoms with Gasteiger partial charge in [-0.15, -0.1) is 0 Å². The molecule has 2 rings (SSSR count). The molecule has 0 radical (unpaired) electrons. The molecular weight excluding hydrogens is 296 g/mol. The molecule has 5 heteroatoms. The maximum Gasteiger partial charge on any atom is 0.287 e. The summed E-state index contributed by atoms with van der Waals surface area (Å²) >= 11 is 3.41. The molecule has 0 bridgehead atoms. The fraction of sp³-hybridized carbons (Fsp3) is 0.308.